The van der Waals surface area contributed by atoms with E-state index in [9.17, 15) is 9.18 Å². The number of rotatable bonds is 3. The van der Waals surface area contributed by atoms with E-state index in [1.165, 1.54) is 19.9 Å². The maximum atomic E-state index is 13.7. The molecule has 0 heterocycles. The second-order valence-corrected chi connectivity index (χ2v) is 3.54. The molecule has 1 rings (SSSR count). The third-order valence-corrected chi connectivity index (χ3v) is 1.97. The average Bonchev–Trinajstić information content (AvgIpc) is 2.14. The zero-order chi connectivity index (χ0) is 10.6. The summed E-state index contributed by atoms with van der Waals surface area (Å²) in [6.45, 7) is 3.15. The molecule has 0 radical (unpaired) electrons. The molecule has 0 amide bonds. The molecule has 0 aliphatic carbocycles. The second kappa shape index (κ2) is 4.16. The van der Waals surface area contributed by atoms with Crippen LogP contribution in [-0.4, -0.2) is 6.08 Å². The minimum atomic E-state index is -1.41. The first kappa shape index (κ1) is 10.6. The molecule has 0 spiro atoms. The molecule has 0 unspecified atom stereocenters. The Labute approximate surface area is 82.5 Å². The molecule has 0 aliphatic rings. The quantitative estimate of drug-likeness (QED) is 0.536. The predicted molar refractivity (Wildman–Crippen MR) is 52.4 cm³/mol. The lowest BCUT2D eigenvalue weighted by Crippen LogP contribution is -2.11. The van der Waals surface area contributed by atoms with Crippen molar-refractivity contribution in [1.29, 1.82) is 0 Å². The minimum Gasteiger partial charge on any atom is -0.239 e. The summed E-state index contributed by atoms with van der Waals surface area (Å²) in [5.41, 5.74) is -0.114. The van der Waals surface area contributed by atoms with Gasteiger partial charge in [-0.3, -0.25) is 0 Å². The van der Waals surface area contributed by atoms with Gasteiger partial charge in [0, 0.05) is 0 Å². The Hall–Kier alpha value is -1.47. The van der Waals surface area contributed by atoms with Crippen molar-refractivity contribution in [2.75, 3.05) is 0 Å². The molecule has 0 aromatic heterocycles. The molecule has 0 aliphatic heterocycles. The summed E-state index contributed by atoms with van der Waals surface area (Å²) < 4.78 is 13.7. The summed E-state index contributed by atoms with van der Waals surface area (Å²) >= 11 is 0. The first-order valence-electron chi connectivity index (χ1n) is 4.36. The van der Waals surface area contributed by atoms with Crippen LogP contribution in [-0.2, 0) is 17.0 Å². The van der Waals surface area contributed by atoms with E-state index < -0.39 is 5.67 Å². The largest absolute Gasteiger partial charge is 0.239 e. The van der Waals surface area contributed by atoms with E-state index >= 15 is 0 Å². The van der Waals surface area contributed by atoms with Crippen molar-refractivity contribution in [2.24, 2.45) is 4.99 Å². The SMILES string of the molecule is CC(C)(F)c1ccccc1CN=C=O. The first-order valence-corrected chi connectivity index (χ1v) is 4.36. The summed E-state index contributed by atoms with van der Waals surface area (Å²) in [6.07, 6.45) is 1.45. The van der Waals surface area contributed by atoms with E-state index in [0.717, 1.165) is 5.56 Å². The number of isocyanates is 1. The van der Waals surface area contributed by atoms with Gasteiger partial charge in [-0.2, -0.15) is 0 Å². The van der Waals surface area contributed by atoms with E-state index in [2.05, 4.69) is 4.99 Å². The molecule has 3 heteroatoms. The highest BCUT2D eigenvalue weighted by molar-refractivity contribution is 5.36. The van der Waals surface area contributed by atoms with Crippen LogP contribution in [0.15, 0.2) is 29.3 Å². The maximum Gasteiger partial charge on any atom is 0.235 e. The lowest BCUT2D eigenvalue weighted by atomic mass is 9.95. The van der Waals surface area contributed by atoms with Crippen LogP contribution in [0.3, 0.4) is 0 Å². The van der Waals surface area contributed by atoms with Crippen LogP contribution in [0.2, 0.25) is 0 Å². The number of halogens is 1. The number of benzene rings is 1. The molecule has 1 aromatic rings. The third kappa shape index (κ3) is 2.51. The summed E-state index contributed by atoms with van der Waals surface area (Å²) in [5.74, 6) is 0. The van der Waals surface area contributed by atoms with E-state index in [4.69, 9.17) is 0 Å². The van der Waals surface area contributed by atoms with Gasteiger partial charge in [-0.05, 0) is 25.0 Å². The molecule has 0 saturated heterocycles. The predicted octanol–water partition coefficient (Wildman–Crippen LogP) is 2.73. The number of carbonyl (C=O) groups excluding carboxylic acids is 1. The lowest BCUT2D eigenvalue weighted by Gasteiger charge is -2.17. The first-order chi connectivity index (χ1) is 6.55. The zero-order valence-corrected chi connectivity index (χ0v) is 8.25. The molecule has 2 nitrogen and oxygen atoms in total. The van der Waals surface area contributed by atoms with Gasteiger partial charge in [-0.25, -0.2) is 14.2 Å². The average molecular weight is 193 g/mol. The molecule has 1 aromatic carbocycles. The van der Waals surface area contributed by atoms with E-state index in [-0.39, 0.29) is 6.54 Å². The van der Waals surface area contributed by atoms with Crippen LogP contribution < -0.4 is 0 Å². The molecular formula is C11H12FNO. The summed E-state index contributed by atoms with van der Waals surface area (Å²) in [6, 6.07) is 7.03. The minimum absolute atomic E-state index is 0.188. The molecule has 0 N–H and O–H groups in total. The van der Waals surface area contributed by atoms with Gasteiger partial charge >= 0.3 is 0 Å². The number of hydrogen-bond acceptors (Lipinski definition) is 2. The standard InChI is InChI=1S/C11H12FNO/c1-11(2,12)10-6-4-3-5-9(10)7-13-8-14/h3-6H,7H2,1-2H3. The van der Waals surface area contributed by atoms with Crippen LogP contribution in [0.1, 0.15) is 25.0 Å². The summed E-state index contributed by atoms with van der Waals surface area (Å²) in [4.78, 5) is 13.4. The Morgan fingerprint density at radius 2 is 2.07 bits per heavy atom. The summed E-state index contributed by atoms with van der Waals surface area (Å²) in [5, 5.41) is 0. The number of alkyl halides is 1. The Kier molecular flexibility index (Phi) is 3.15. The smallest absolute Gasteiger partial charge is 0.235 e. The number of nitrogens with zero attached hydrogens (tertiary/aromatic N) is 1. The number of hydrogen-bond donors (Lipinski definition) is 0. The van der Waals surface area contributed by atoms with Crippen LogP contribution in [0.4, 0.5) is 4.39 Å². The fraction of sp³-hybridized carbons (Fsp3) is 0.364. The Morgan fingerprint density at radius 3 is 2.64 bits per heavy atom. The Morgan fingerprint density at radius 1 is 1.43 bits per heavy atom. The molecule has 74 valence electrons. The van der Waals surface area contributed by atoms with Gasteiger partial charge in [0.05, 0.1) is 6.54 Å². The Bertz CT molecular complexity index is 362. The number of aliphatic imine (C=N–C) groups is 1. The highest BCUT2D eigenvalue weighted by Crippen LogP contribution is 2.27. The van der Waals surface area contributed by atoms with Crippen LogP contribution in [0, 0.1) is 0 Å². The van der Waals surface area contributed by atoms with Gasteiger partial charge in [0.2, 0.25) is 6.08 Å². The van der Waals surface area contributed by atoms with E-state index in [1.807, 2.05) is 0 Å². The van der Waals surface area contributed by atoms with Gasteiger partial charge in [0.1, 0.15) is 5.67 Å². The van der Waals surface area contributed by atoms with Crippen molar-refractivity contribution < 1.29 is 9.18 Å². The van der Waals surface area contributed by atoms with Crippen LogP contribution >= 0.6 is 0 Å². The monoisotopic (exact) mass is 193 g/mol. The fourth-order valence-electron chi connectivity index (χ4n) is 1.36. The van der Waals surface area contributed by atoms with Crippen LogP contribution in [0.5, 0.6) is 0 Å². The topological polar surface area (TPSA) is 29.4 Å². The molecule has 0 saturated carbocycles. The van der Waals surface area contributed by atoms with Crippen molar-refractivity contribution in [3.05, 3.63) is 35.4 Å². The van der Waals surface area contributed by atoms with Crippen molar-refractivity contribution >= 4 is 6.08 Å². The van der Waals surface area contributed by atoms with Crippen molar-refractivity contribution in [1.82, 2.24) is 0 Å². The van der Waals surface area contributed by atoms with Gasteiger partial charge in [0.15, 0.2) is 0 Å². The van der Waals surface area contributed by atoms with Gasteiger partial charge < -0.3 is 0 Å². The summed E-state index contributed by atoms with van der Waals surface area (Å²) in [7, 11) is 0. The van der Waals surface area contributed by atoms with Crippen molar-refractivity contribution in [3.8, 4) is 0 Å². The third-order valence-electron chi connectivity index (χ3n) is 1.97. The molecule has 0 atom stereocenters. The maximum absolute atomic E-state index is 13.7. The van der Waals surface area contributed by atoms with Gasteiger partial charge in [0.25, 0.3) is 0 Å². The molecule has 0 bridgehead atoms. The van der Waals surface area contributed by atoms with Crippen molar-refractivity contribution in [2.45, 2.75) is 26.1 Å². The lowest BCUT2D eigenvalue weighted by molar-refractivity contribution is 0.220. The zero-order valence-electron chi connectivity index (χ0n) is 8.25. The fourth-order valence-corrected chi connectivity index (χ4v) is 1.36. The highest BCUT2D eigenvalue weighted by Gasteiger charge is 2.21. The van der Waals surface area contributed by atoms with Gasteiger partial charge in [-0.15, -0.1) is 0 Å². The normalized spacial score (nSPS) is 10.8. The molecule has 14 heavy (non-hydrogen) atoms. The highest BCUT2D eigenvalue weighted by atomic mass is 19.1. The Balaban J connectivity index is 3.09. The van der Waals surface area contributed by atoms with Crippen LogP contribution in [0.25, 0.3) is 0 Å². The van der Waals surface area contributed by atoms with Crippen molar-refractivity contribution in [3.63, 3.8) is 0 Å². The molecule has 0 fully saturated rings. The molecular weight excluding hydrogens is 181 g/mol. The second-order valence-electron chi connectivity index (χ2n) is 3.54. The van der Waals surface area contributed by atoms with E-state index in [1.54, 1.807) is 24.3 Å². The van der Waals surface area contributed by atoms with Gasteiger partial charge in [-0.1, -0.05) is 24.3 Å². The van der Waals surface area contributed by atoms with E-state index in [0.29, 0.717) is 5.56 Å².